The summed E-state index contributed by atoms with van der Waals surface area (Å²) in [4.78, 5) is 12.3. The van der Waals surface area contributed by atoms with Crippen LogP contribution in [-0.4, -0.2) is 34.9 Å². The van der Waals surface area contributed by atoms with Gasteiger partial charge in [-0.05, 0) is 31.2 Å². The van der Waals surface area contributed by atoms with Crippen LogP contribution in [0, 0.1) is 0 Å². The van der Waals surface area contributed by atoms with Gasteiger partial charge in [0.2, 0.25) is 5.13 Å². The number of aromatic nitrogens is 2. The average molecular weight is 345 g/mol. The number of rotatable bonds is 7. The first-order valence-corrected chi connectivity index (χ1v) is 7.96. The normalized spacial score (nSPS) is 12.2. The van der Waals surface area contributed by atoms with E-state index < -0.39 is 6.61 Å². The summed E-state index contributed by atoms with van der Waals surface area (Å²) in [6.45, 7) is -1.12. The van der Waals surface area contributed by atoms with Crippen molar-refractivity contribution < 1.29 is 18.3 Å². The predicted octanol–water partition coefficient (Wildman–Crippen LogP) is 3.54. The van der Waals surface area contributed by atoms with Crippen LogP contribution >= 0.6 is 23.1 Å². The summed E-state index contributed by atoms with van der Waals surface area (Å²) in [6, 6.07) is 5.63. The number of halogens is 2. The monoisotopic (exact) mass is 345 g/mol. The van der Waals surface area contributed by atoms with Gasteiger partial charge in [0.25, 0.3) is 0 Å². The zero-order valence-corrected chi connectivity index (χ0v) is 13.4. The minimum Gasteiger partial charge on any atom is -0.435 e. The van der Waals surface area contributed by atoms with Crippen LogP contribution in [0.5, 0.6) is 5.75 Å². The van der Waals surface area contributed by atoms with Gasteiger partial charge < -0.3 is 10.1 Å². The van der Waals surface area contributed by atoms with Crippen molar-refractivity contribution >= 4 is 34.0 Å². The summed E-state index contributed by atoms with van der Waals surface area (Å²) in [6.07, 6.45) is 0. The Morgan fingerprint density at radius 3 is 2.55 bits per heavy atom. The number of hydrogen-bond donors (Lipinski definition) is 1. The molecule has 0 unspecified atom stereocenters. The average Bonchev–Trinajstić information content (AvgIpc) is 2.94. The zero-order valence-electron chi connectivity index (χ0n) is 11.7. The van der Waals surface area contributed by atoms with Crippen LogP contribution in [0.4, 0.5) is 13.9 Å². The Morgan fingerprint density at radius 1 is 1.32 bits per heavy atom. The van der Waals surface area contributed by atoms with Crippen LogP contribution < -0.4 is 10.1 Å². The molecular weight excluding hydrogens is 332 g/mol. The second-order valence-electron chi connectivity index (χ2n) is 4.15. The third-order valence-corrected chi connectivity index (χ3v) is 4.76. The molecular formula is C13H13F2N3O2S2. The van der Waals surface area contributed by atoms with Crippen LogP contribution in [0.25, 0.3) is 0 Å². The number of Topliss-reactive ketones (excluding diaryl/α,β-unsaturated/α-hetero) is 1. The van der Waals surface area contributed by atoms with Crippen LogP contribution in [0.1, 0.15) is 17.3 Å². The number of alkyl halides is 2. The van der Waals surface area contributed by atoms with Crippen molar-refractivity contribution in [1.29, 1.82) is 0 Å². The second-order valence-corrected chi connectivity index (χ2v) is 6.72. The van der Waals surface area contributed by atoms with Gasteiger partial charge in [0.15, 0.2) is 10.1 Å². The van der Waals surface area contributed by atoms with E-state index in [1.807, 2.05) is 0 Å². The van der Waals surface area contributed by atoms with Gasteiger partial charge in [0.1, 0.15) is 5.75 Å². The lowest BCUT2D eigenvalue weighted by atomic mass is 10.1. The number of thioether (sulfide) groups is 1. The number of carbonyl (C=O) groups is 1. The number of benzene rings is 1. The number of ketones is 1. The molecule has 0 saturated heterocycles. The van der Waals surface area contributed by atoms with Gasteiger partial charge in [0.05, 0.1) is 5.25 Å². The number of anilines is 1. The largest absolute Gasteiger partial charge is 0.435 e. The summed E-state index contributed by atoms with van der Waals surface area (Å²) in [5.74, 6) is -0.0931. The molecule has 1 heterocycles. The van der Waals surface area contributed by atoms with E-state index in [9.17, 15) is 13.6 Å². The van der Waals surface area contributed by atoms with Crippen molar-refractivity contribution in [2.45, 2.75) is 23.1 Å². The van der Waals surface area contributed by atoms with Gasteiger partial charge in [-0.3, -0.25) is 4.79 Å². The first kappa shape index (κ1) is 16.6. The first-order chi connectivity index (χ1) is 10.5. The van der Waals surface area contributed by atoms with Crippen molar-refractivity contribution in [2.24, 2.45) is 0 Å². The van der Waals surface area contributed by atoms with Crippen molar-refractivity contribution in [2.75, 3.05) is 12.4 Å². The molecule has 0 fully saturated rings. The molecule has 0 bridgehead atoms. The Labute approximate surface area is 134 Å². The molecule has 2 aromatic rings. The highest BCUT2D eigenvalue weighted by molar-refractivity contribution is 8.02. The molecule has 9 heteroatoms. The van der Waals surface area contributed by atoms with E-state index in [2.05, 4.69) is 20.3 Å². The van der Waals surface area contributed by atoms with Gasteiger partial charge in [-0.25, -0.2) is 0 Å². The lowest BCUT2D eigenvalue weighted by Gasteiger charge is -2.09. The smallest absolute Gasteiger partial charge is 0.387 e. The maximum absolute atomic E-state index is 12.3. The van der Waals surface area contributed by atoms with Crippen LogP contribution in [-0.2, 0) is 0 Å². The third-order valence-electron chi connectivity index (χ3n) is 2.63. The molecule has 0 saturated carbocycles. The fraction of sp³-hybridized carbons (Fsp3) is 0.308. The van der Waals surface area contributed by atoms with E-state index >= 15 is 0 Å². The van der Waals surface area contributed by atoms with E-state index in [4.69, 9.17) is 0 Å². The Kier molecular flexibility index (Phi) is 5.67. The lowest BCUT2D eigenvalue weighted by molar-refractivity contribution is -0.0498. The van der Waals surface area contributed by atoms with E-state index in [-0.39, 0.29) is 16.8 Å². The minimum absolute atomic E-state index is 0.0228. The Hall–Kier alpha value is -1.74. The zero-order chi connectivity index (χ0) is 16.1. The molecule has 0 spiro atoms. The van der Waals surface area contributed by atoms with Crippen LogP contribution in [0.3, 0.4) is 0 Å². The predicted molar refractivity (Wildman–Crippen MR) is 82.2 cm³/mol. The summed E-state index contributed by atoms with van der Waals surface area (Å²) in [5, 5.41) is 11.0. The molecule has 1 aromatic carbocycles. The lowest BCUT2D eigenvalue weighted by Crippen LogP contribution is -2.13. The second kappa shape index (κ2) is 7.50. The molecule has 2 rings (SSSR count). The van der Waals surface area contributed by atoms with Crippen molar-refractivity contribution in [3.8, 4) is 5.75 Å². The minimum atomic E-state index is -2.88. The maximum atomic E-state index is 12.3. The summed E-state index contributed by atoms with van der Waals surface area (Å²) in [7, 11) is 1.74. The Bertz CT molecular complexity index is 634. The fourth-order valence-corrected chi connectivity index (χ4v) is 3.53. The molecule has 0 aliphatic rings. The van der Waals surface area contributed by atoms with Crippen molar-refractivity contribution in [3.05, 3.63) is 29.8 Å². The van der Waals surface area contributed by atoms with Gasteiger partial charge >= 0.3 is 6.61 Å². The molecule has 1 N–H and O–H groups in total. The highest BCUT2D eigenvalue weighted by Crippen LogP contribution is 2.30. The number of nitrogens with one attached hydrogen (secondary N) is 1. The number of nitrogens with zero attached hydrogens (tertiary/aromatic N) is 2. The Morgan fingerprint density at radius 2 is 2.00 bits per heavy atom. The molecule has 118 valence electrons. The molecule has 0 aliphatic heterocycles. The number of hydrogen-bond acceptors (Lipinski definition) is 7. The number of ether oxygens (including phenoxy) is 1. The third kappa shape index (κ3) is 4.38. The van der Waals surface area contributed by atoms with Crippen LogP contribution in [0.2, 0.25) is 0 Å². The molecule has 0 radical (unpaired) electrons. The molecule has 1 aromatic heterocycles. The van der Waals surface area contributed by atoms with E-state index in [0.29, 0.717) is 15.0 Å². The Balaban J connectivity index is 2.00. The van der Waals surface area contributed by atoms with Crippen molar-refractivity contribution in [3.63, 3.8) is 0 Å². The van der Waals surface area contributed by atoms with E-state index in [1.54, 1.807) is 14.0 Å². The molecule has 5 nitrogen and oxygen atoms in total. The summed E-state index contributed by atoms with van der Waals surface area (Å²) < 4.78 is 29.1. The standard InChI is InChI=1S/C13H13F2N3O2S2/c1-7(21-13-18-17-12(16-2)22-13)10(19)8-3-5-9(6-4-8)20-11(14)15/h3-7,11H,1-2H3,(H,16,17)/t7-/m1/s1. The topological polar surface area (TPSA) is 64.1 Å². The SMILES string of the molecule is CNc1nnc(S[C@H](C)C(=O)c2ccc(OC(F)F)cc2)s1. The van der Waals surface area contributed by atoms with E-state index in [0.717, 1.165) is 0 Å². The summed E-state index contributed by atoms with van der Waals surface area (Å²) in [5.41, 5.74) is 0.431. The molecule has 0 amide bonds. The van der Waals surface area contributed by atoms with Gasteiger partial charge in [-0.2, -0.15) is 8.78 Å². The van der Waals surface area contributed by atoms with Crippen molar-refractivity contribution in [1.82, 2.24) is 10.2 Å². The highest BCUT2D eigenvalue weighted by atomic mass is 32.2. The molecule has 0 aliphatic carbocycles. The maximum Gasteiger partial charge on any atom is 0.387 e. The quantitative estimate of drug-likeness (QED) is 0.612. The molecule has 22 heavy (non-hydrogen) atoms. The van der Waals surface area contributed by atoms with Gasteiger partial charge in [-0.1, -0.05) is 23.1 Å². The van der Waals surface area contributed by atoms with Gasteiger partial charge in [0, 0.05) is 12.6 Å². The highest BCUT2D eigenvalue weighted by Gasteiger charge is 2.19. The van der Waals surface area contributed by atoms with Crippen LogP contribution in [0.15, 0.2) is 28.6 Å². The van der Waals surface area contributed by atoms with Gasteiger partial charge in [-0.15, -0.1) is 10.2 Å². The fourth-order valence-electron chi connectivity index (χ4n) is 1.60. The van der Waals surface area contributed by atoms with E-state index in [1.165, 1.54) is 47.4 Å². The summed E-state index contributed by atoms with van der Waals surface area (Å²) >= 11 is 2.66. The number of carbonyl (C=O) groups excluding carboxylic acids is 1. The first-order valence-electron chi connectivity index (χ1n) is 6.26. The molecule has 1 atom stereocenters.